The van der Waals surface area contributed by atoms with Gasteiger partial charge in [0, 0.05) is 6.92 Å². The first kappa shape index (κ1) is 13.4. The highest BCUT2D eigenvalue weighted by Gasteiger charge is 2.18. The van der Waals surface area contributed by atoms with Crippen LogP contribution in [-0.4, -0.2) is 42.4 Å². The third kappa shape index (κ3) is 6.44. The van der Waals surface area contributed by atoms with Crippen LogP contribution >= 0.6 is 0 Å². The standard InChI is InChI=1S/C8H13NO6/c1-5(8(13)14-4-10)15-7(12)3-9-6(2)11/h5,10H,3-4H2,1-2H3,(H,9,11). The molecule has 7 nitrogen and oxygen atoms in total. The Kier molecular flexibility index (Phi) is 6.03. The molecule has 0 saturated heterocycles. The van der Waals surface area contributed by atoms with Crippen LogP contribution in [0.4, 0.5) is 0 Å². The first-order valence-electron chi connectivity index (χ1n) is 4.18. The molecule has 0 spiro atoms. The van der Waals surface area contributed by atoms with Crippen LogP contribution in [0.3, 0.4) is 0 Å². The fourth-order valence-corrected chi connectivity index (χ4v) is 0.665. The lowest BCUT2D eigenvalue weighted by Gasteiger charge is -2.11. The van der Waals surface area contributed by atoms with Gasteiger partial charge in [-0.2, -0.15) is 0 Å². The predicted octanol–water partition coefficient (Wildman–Crippen LogP) is -1.45. The molecule has 0 radical (unpaired) electrons. The highest BCUT2D eigenvalue weighted by Crippen LogP contribution is 1.94. The molecule has 0 bridgehead atoms. The van der Waals surface area contributed by atoms with Crippen molar-refractivity contribution >= 4 is 17.8 Å². The number of rotatable bonds is 5. The molecule has 0 aromatic carbocycles. The van der Waals surface area contributed by atoms with E-state index in [1.807, 2.05) is 0 Å². The van der Waals surface area contributed by atoms with Crippen LogP contribution in [0, 0.1) is 0 Å². The van der Waals surface area contributed by atoms with E-state index in [1.54, 1.807) is 0 Å². The fraction of sp³-hybridized carbons (Fsp3) is 0.625. The number of ether oxygens (including phenoxy) is 2. The Balaban J connectivity index is 3.85. The van der Waals surface area contributed by atoms with Crippen LogP contribution in [0.15, 0.2) is 0 Å². The van der Waals surface area contributed by atoms with Gasteiger partial charge in [0.2, 0.25) is 5.91 Å². The molecule has 0 heterocycles. The molecule has 0 aliphatic heterocycles. The third-order valence-corrected chi connectivity index (χ3v) is 1.33. The molecule has 2 N–H and O–H groups in total. The van der Waals surface area contributed by atoms with Crippen LogP contribution in [0.25, 0.3) is 0 Å². The summed E-state index contributed by atoms with van der Waals surface area (Å²) in [7, 11) is 0. The van der Waals surface area contributed by atoms with Gasteiger partial charge in [-0.25, -0.2) is 4.79 Å². The summed E-state index contributed by atoms with van der Waals surface area (Å²) >= 11 is 0. The Morgan fingerprint density at radius 1 is 1.40 bits per heavy atom. The van der Waals surface area contributed by atoms with Gasteiger partial charge in [-0.05, 0) is 6.92 Å². The zero-order valence-corrected chi connectivity index (χ0v) is 8.48. The number of aliphatic hydroxyl groups excluding tert-OH is 1. The van der Waals surface area contributed by atoms with Crippen molar-refractivity contribution in [1.29, 1.82) is 0 Å². The van der Waals surface area contributed by atoms with E-state index in [0.29, 0.717) is 0 Å². The van der Waals surface area contributed by atoms with Gasteiger partial charge in [0.1, 0.15) is 6.54 Å². The maximum atomic E-state index is 11.0. The van der Waals surface area contributed by atoms with Gasteiger partial charge in [0.05, 0.1) is 0 Å². The quantitative estimate of drug-likeness (QED) is 0.433. The molecule has 7 heteroatoms. The van der Waals surface area contributed by atoms with Gasteiger partial charge < -0.3 is 19.9 Å². The Labute approximate surface area is 86.3 Å². The first-order chi connectivity index (χ1) is 6.97. The van der Waals surface area contributed by atoms with E-state index in [0.717, 1.165) is 0 Å². The average molecular weight is 219 g/mol. The van der Waals surface area contributed by atoms with E-state index in [2.05, 4.69) is 14.8 Å². The van der Waals surface area contributed by atoms with Gasteiger partial charge in [-0.3, -0.25) is 9.59 Å². The lowest BCUT2D eigenvalue weighted by atomic mass is 10.4. The molecule has 0 aromatic heterocycles. The second-order valence-corrected chi connectivity index (χ2v) is 2.63. The fourth-order valence-electron chi connectivity index (χ4n) is 0.665. The smallest absolute Gasteiger partial charge is 0.349 e. The Hall–Kier alpha value is -1.63. The number of esters is 2. The van der Waals surface area contributed by atoms with Crippen molar-refractivity contribution in [1.82, 2.24) is 5.32 Å². The highest BCUT2D eigenvalue weighted by molar-refractivity contribution is 5.82. The molecule has 15 heavy (non-hydrogen) atoms. The Morgan fingerprint density at radius 3 is 2.47 bits per heavy atom. The molecule has 1 atom stereocenters. The minimum atomic E-state index is -1.11. The van der Waals surface area contributed by atoms with Crippen LogP contribution in [0.1, 0.15) is 13.8 Å². The van der Waals surface area contributed by atoms with Crippen LogP contribution in [0.5, 0.6) is 0 Å². The van der Waals surface area contributed by atoms with Crippen LogP contribution in [0.2, 0.25) is 0 Å². The summed E-state index contributed by atoms with van der Waals surface area (Å²) < 4.78 is 8.76. The van der Waals surface area contributed by atoms with Crippen molar-refractivity contribution in [2.75, 3.05) is 13.3 Å². The first-order valence-corrected chi connectivity index (χ1v) is 4.18. The number of hydrogen-bond acceptors (Lipinski definition) is 6. The molecular weight excluding hydrogens is 206 g/mol. The average Bonchev–Trinajstić information content (AvgIpc) is 2.15. The lowest BCUT2D eigenvalue weighted by Crippen LogP contribution is -2.33. The summed E-state index contributed by atoms with van der Waals surface area (Å²) in [4.78, 5) is 32.3. The zero-order chi connectivity index (χ0) is 11.8. The molecule has 0 aliphatic carbocycles. The van der Waals surface area contributed by atoms with E-state index in [9.17, 15) is 14.4 Å². The SMILES string of the molecule is CC(=O)NCC(=O)OC(C)C(=O)OCO. The molecular formula is C8H13NO6. The van der Waals surface area contributed by atoms with Crippen molar-refractivity contribution in [3.05, 3.63) is 0 Å². The van der Waals surface area contributed by atoms with E-state index in [-0.39, 0.29) is 12.5 Å². The third-order valence-electron chi connectivity index (χ3n) is 1.33. The van der Waals surface area contributed by atoms with Crippen LogP contribution in [-0.2, 0) is 23.9 Å². The van der Waals surface area contributed by atoms with Gasteiger partial charge in [-0.15, -0.1) is 0 Å². The maximum Gasteiger partial charge on any atom is 0.349 e. The van der Waals surface area contributed by atoms with E-state index in [4.69, 9.17) is 5.11 Å². The van der Waals surface area contributed by atoms with E-state index in [1.165, 1.54) is 13.8 Å². The van der Waals surface area contributed by atoms with Gasteiger partial charge in [-0.1, -0.05) is 0 Å². The monoisotopic (exact) mass is 219 g/mol. The number of carbonyl (C=O) groups excluding carboxylic acids is 3. The summed E-state index contributed by atoms with van der Waals surface area (Å²) in [6.07, 6.45) is -1.11. The highest BCUT2D eigenvalue weighted by atomic mass is 16.6. The van der Waals surface area contributed by atoms with Crippen molar-refractivity contribution in [3.63, 3.8) is 0 Å². The number of nitrogens with one attached hydrogen (secondary N) is 1. The Bertz CT molecular complexity index is 252. The Morgan fingerprint density at radius 2 is 2.00 bits per heavy atom. The molecule has 0 fully saturated rings. The second kappa shape index (κ2) is 6.77. The van der Waals surface area contributed by atoms with Gasteiger partial charge in [0.15, 0.2) is 12.9 Å². The van der Waals surface area contributed by atoms with E-state index >= 15 is 0 Å². The number of aliphatic hydroxyl groups is 1. The zero-order valence-electron chi connectivity index (χ0n) is 8.48. The number of hydrogen-bond donors (Lipinski definition) is 2. The summed E-state index contributed by atoms with van der Waals surface area (Å²) in [6, 6.07) is 0. The van der Waals surface area contributed by atoms with Gasteiger partial charge >= 0.3 is 11.9 Å². The normalized spacial score (nSPS) is 11.4. The van der Waals surface area contributed by atoms with Crippen molar-refractivity contribution in [2.45, 2.75) is 20.0 Å². The largest absolute Gasteiger partial charge is 0.449 e. The minimum absolute atomic E-state index is 0.313. The molecule has 0 aliphatic rings. The molecule has 0 saturated carbocycles. The van der Waals surface area contributed by atoms with E-state index < -0.39 is 24.8 Å². The van der Waals surface area contributed by atoms with Crippen molar-refractivity contribution < 1.29 is 29.0 Å². The topological polar surface area (TPSA) is 102 Å². The summed E-state index contributed by atoms with van der Waals surface area (Å²) in [6.45, 7) is 1.46. The van der Waals surface area contributed by atoms with Crippen molar-refractivity contribution in [3.8, 4) is 0 Å². The molecule has 0 rings (SSSR count). The minimum Gasteiger partial charge on any atom is -0.449 e. The molecule has 0 aromatic rings. The molecule has 1 amide bonds. The number of carbonyl (C=O) groups is 3. The summed E-state index contributed by atoms with van der Waals surface area (Å²) in [5, 5.41) is 10.5. The van der Waals surface area contributed by atoms with Gasteiger partial charge in [0.25, 0.3) is 0 Å². The predicted molar refractivity (Wildman–Crippen MR) is 47.4 cm³/mol. The number of amides is 1. The lowest BCUT2D eigenvalue weighted by molar-refractivity contribution is -0.171. The molecule has 1 unspecified atom stereocenters. The van der Waals surface area contributed by atoms with Crippen molar-refractivity contribution in [2.24, 2.45) is 0 Å². The maximum absolute atomic E-state index is 11.0. The van der Waals surface area contributed by atoms with Crippen LogP contribution < -0.4 is 5.32 Å². The second-order valence-electron chi connectivity index (χ2n) is 2.63. The summed E-state index contributed by atoms with van der Waals surface area (Å²) in [5.74, 6) is -1.99. The summed E-state index contributed by atoms with van der Waals surface area (Å²) in [5.41, 5.74) is 0. The molecule has 86 valence electrons.